The number of amides is 1. The Morgan fingerprint density at radius 3 is 3.10 bits per heavy atom. The first-order chi connectivity index (χ1) is 9.97. The van der Waals surface area contributed by atoms with Gasteiger partial charge in [0.1, 0.15) is 6.07 Å². The minimum atomic E-state index is -1.05. The fourth-order valence-electron chi connectivity index (χ4n) is 2.74. The average Bonchev–Trinajstić information content (AvgIpc) is 2.46. The van der Waals surface area contributed by atoms with Crippen LogP contribution in [0, 0.1) is 18.3 Å². The van der Waals surface area contributed by atoms with Gasteiger partial charge in [-0.25, -0.2) is 0 Å². The number of aryl methyl sites for hydroxylation is 1. The zero-order valence-corrected chi connectivity index (χ0v) is 12.4. The van der Waals surface area contributed by atoms with E-state index in [1.54, 1.807) is 13.2 Å². The average molecular weight is 288 g/mol. The van der Waals surface area contributed by atoms with E-state index < -0.39 is 5.60 Å². The van der Waals surface area contributed by atoms with Crippen LogP contribution in [0.3, 0.4) is 0 Å². The monoisotopic (exact) mass is 288 g/mol. The maximum Gasteiger partial charge on any atom is 0.222 e. The molecule has 1 aliphatic rings. The molecule has 1 amide bonds. The van der Waals surface area contributed by atoms with Crippen molar-refractivity contribution in [2.75, 3.05) is 25.0 Å². The van der Waals surface area contributed by atoms with Crippen LogP contribution < -0.4 is 10.2 Å². The minimum Gasteiger partial charge on any atom is -0.388 e. The van der Waals surface area contributed by atoms with Crippen LogP contribution in [0.25, 0.3) is 0 Å². The van der Waals surface area contributed by atoms with Crippen LogP contribution in [0.5, 0.6) is 0 Å². The summed E-state index contributed by atoms with van der Waals surface area (Å²) < 4.78 is 0. The number of hydrogen-bond acceptors (Lipinski definition) is 5. The van der Waals surface area contributed by atoms with Crippen molar-refractivity contribution in [2.45, 2.75) is 31.8 Å². The van der Waals surface area contributed by atoms with Crippen LogP contribution in [-0.4, -0.2) is 41.7 Å². The molecular formula is C15H20N4O2. The number of carbonyl (C=O) groups is 1. The second kappa shape index (κ2) is 6.10. The molecule has 6 heteroatoms. The largest absolute Gasteiger partial charge is 0.388 e. The zero-order chi connectivity index (χ0) is 15.5. The van der Waals surface area contributed by atoms with E-state index in [4.69, 9.17) is 0 Å². The van der Waals surface area contributed by atoms with Gasteiger partial charge in [0, 0.05) is 32.0 Å². The summed E-state index contributed by atoms with van der Waals surface area (Å²) >= 11 is 0. The Labute approximate surface area is 124 Å². The topological polar surface area (TPSA) is 89.2 Å². The number of carbonyl (C=O) groups excluding carboxylic acids is 1. The van der Waals surface area contributed by atoms with Crippen LogP contribution >= 0.6 is 0 Å². The summed E-state index contributed by atoms with van der Waals surface area (Å²) in [7, 11) is 1.56. The van der Waals surface area contributed by atoms with Gasteiger partial charge in [0.25, 0.3) is 0 Å². The van der Waals surface area contributed by atoms with Crippen molar-refractivity contribution < 1.29 is 9.90 Å². The highest BCUT2D eigenvalue weighted by atomic mass is 16.3. The highest BCUT2D eigenvalue weighted by Crippen LogP contribution is 2.30. The van der Waals surface area contributed by atoms with Gasteiger partial charge in [0.15, 0.2) is 0 Å². The number of aliphatic hydroxyl groups is 1. The zero-order valence-electron chi connectivity index (χ0n) is 12.4. The summed E-state index contributed by atoms with van der Waals surface area (Å²) in [5.41, 5.74) is 1.04. The maximum absolute atomic E-state index is 11.6. The summed E-state index contributed by atoms with van der Waals surface area (Å²) in [6.07, 6.45) is 2.99. The first kappa shape index (κ1) is 15.3. The molecule has 0 bridgehead atoms. The molecule has 21 heavy (non-hydrogen) atoms. The summed E-state index contributed by atoms with van der Waals surface area (Å²) in [5, 5.41) is 22.4. The van der Waals surface area contributed by atoms with E-state index in [1.165, 1.54) is 0 Å². The molecule has 0 saturated carbocycles. The number of anilines is 1. The van der Waals surface area contributed by atoms with Crippen LogP contribution in [0.1, 0.15) is 30.5 Å². The smallest absolute Gasteiger partial charge is 0.222 e. The van der Waals surface area contributed by atoms with Crippen molar-refractivity contribution in [3.8, 4) is 6.07 Å². The van der Waals surface area contributed by atoms with E-state index in [-0.39, 0.29) is 12.3 Å². The third-order valence-electron chi connectivity index (χ3n) is 3.80. The molecule has 2 rings (SSSR count). The molecular weight excluding hydrogens is 268 g/mol. The van der Waals surface area contributed by atoms with E-state index in [1.807, 2.05) is 17.9 Å². The Balaban J connectivity index is 2.24. The molecule has 1 aromatic rings. The second-order valence-corrected chi connectivity index (χ2v) is 5.55. The number of nitriles is 1. The summed E-state index contributed by atoms with van der Waals surface area (Å²) in [6, 6.07) is 3.99. The fourth-order valence-corrected chi connectivity index (χ4v) is 2.74. The van der Waals surface area contributed by atoms with Gasteiger partial charge in [-0.15, -0.1) is 0 Å². The number of β-amino-alcohol motifs (C(OH)–C–C–N with tert-alkyl or cyclic N) is 1. The van der Waals surface area contributed by atoms with Gasteiger partial charge in [0.05, 0.1) is 23.3 Å². The second-order valence-electron chi connectivity index (χ2n) is 5.55. The van der Waals surface area contributed by atoms with Gasteiger partial charge in [-0.1, -0.05) is 0 Å². The fraction of sp³-hybridized carbons (Fsp3) is 0.533. The molecule has 1 atom stereocenters. The standard InChI is InChI=1S/C15H20N4O2/c1-11-6-13(12(8-16)9-18-11)19-5-3-4-15(21,10-19)7-14(20)17-2/h6,9,21H,3-5,7,10H2,1-2H3,(H,17,20). The van der Waals surface area contributed by atoms with Crippen molar-refractivity contribution in [1.29, 1.82) is 5.26 Å². The van der Waals surface area contributed by atoms with Crippen LogP contribution in [-0.2, 0) is 4.79 Å². The van der Waals surface area contributed by atoms with Crippen LogP contribution in [0.15, 0.2) is 12.3 Å². The third kappa shape index (κ3) is 3.50. The highest BCUT2D eigenvalue weighted by Gasteiger charge is 2.35. The van der Waals surface area contributed by atoms with Crippen LogP contribution in [0.2, 0.25) is 0 Å². The first-order valence-electron chi connectivity index (χ1n) is 7.02. The maximum atomic E-state index is 11.6. The molecule has 2 heterocycles. The van der Waals surface area contributed by atoms with Gasteiger partial charge in [-0.3, -0.25) is 9.78 Å². The van der Waals surface area contributed by atoms with E-state index in [0.29, 0.717) is 18.5 Å². The van der Waals surface area contributed by atoms with Gasteiger partial charge in [0.2, 0.25) is 5.91 Å². The number of pyridine rings is 1. The summed E-state index contributed by atoms with van der Waals surface area (Å²) in [6.45, 7) is 2.97. The molecule has 0 radical (unpaired) electrons. The lowest BCUT2D eigenvalue weighted by Crippen LogP contribution is -2.50. The number of piperidine rings is 1. The van der Waals surface area contributed by atoms with Gasteiger partial charge < -0.3 is 15.3 Å². The summed E-state index contributed by atoms with van der Waals surface area (Å²) in [4.78, 5) is 17.7. The van der Waals surface area contributed by atoms with Crippen molar-refractivity contribution in [3.63, 3.8) is 0 Å². The van der Waals surface area contributed by atoms with Crippen molar-refractivity contribution in [1.82, 2.24) is 10.3 Å². The van der Waals surface area contributed by atoms with Crippen molar-refractivity contribution >= 4 is 11.6 Å². The number of rotatable bonds is 3. The summed E-state index contributed by atoms with van der Waals surface area (Å²) in [5.74, 6) is -0.175. The number of aromatic nitrogens is 1. The van der Waals surface area contributed by atoms with Gasteiger partial charge in [-0.05, 0) is 25.8 Å². The molecule has 1 fully saturated rings. The molecule has 0 aromatic carbocycles. The van der Waals surface area contributed by atoms with E-state index >= 15 is 0 Å². The third-order valence-corrected chi connectivity index (χ3v) is 3.80. The molecule has 112 valence electrons. The molecule has 1 aliphatic heterocycles. The Morgan fingerprint density at radius 1 is 1.67 bits per heavy atom. The molecule has 1 unspecified atom stereocenters. The number of nitrogens with zero attached hydrogens (tertiary/aromatic N) is 3. The van der Waals surface area contributed by atoms with Gasteiger partial charge in [-0.2, -0.15) is 5.26 Å². The molecule has 2 N–H and O–H groups in total. The minimum absolute atomic E-state index is 0.0753. The van der Waals surface area contributed by atoms with E-state index in [0.717, 1.165) is 24.3 Å². The lowest BCUT2D eigenvalue weighted by molar-refractivity contribution is -0.125. The van der Waals surface area contributed by atoms with Gasteiger partial charge >= 0.3 is 0 Å². The molecule has 1 aromatic heterocycles. The molecule has 0 aliphatic carbocycles. The Bertz CT molecular complexity index is 582. The van der Waals surface area contributed by atoms with Crippen molar-refractivity contribution in [2.24, 2.45) is 0 Å². The Morgan fingerprint density at radius 2 is 2.43 bits per heavy atom. The Kier molecular flexibility index (Phi) is 4.43. The highest BCUT2D eigenvalue weighted by molar-refractivity contribution is 5.77. The number of hydrogen-bond donors (Lipinski definition) is 2. The lowest BCUT2D eigenvalue weighted by atomic mass is 9.88. The number of nitrogens with one attached hydrogen (secondary N) is 1. The van der Waals surface area contributed by atoms with Crippen molar-refractivity contribution in [3.05, 3.63) is 23.5 Å². The van der Waals surface area contributed by atoms with E-state index in [9.17, 15) is 15.2 Å². The van der Waals surface area contributed by atoms with Crippen LogP contribution in [0.4, 0.5) is 5.69 Å². The molecule has 6 nitrogen and oxygen atoms in total. The normalized spacial score (nSPS) is 21.7. The SMILES string of the molecule is CNC(=O)CC1(O)CCCN(c2cc(C)ncc2C#N)C1. The quantitative estimate of drug-likeness (QED) is 0.856. The first-order valence-corrected chi connectivity index (χ1v) is 7.02. The molecule has 0 spiro atoms. The molecule has 1 saturated heterocycles. The lowest BCUT2D eigenvalue weighted by Gasteiger charge is -2.40. The van der Waals surface area contributed by atoms with E-state index in [2.05, 4.69) is 16.4 Å². The predicted octanol–water partition coefficient (Wildman–Crippen LogP) is 0.729. The predicted molar refractivity (Wildman–Crippen MR) is 78.8 cm³/mol. The Hall–Kier alpha value is -2.13.